The Morgan fingerprint density at radius 1 is 1.57 bits per heavy atom. The molecule has 0 fully saturated rings. The van der Waals surface area contributed by atoms with Crippen LogP contribution in [0.25, 0.3) is 0 Å². The van der Waals surface area contributed by atoms with Gasteiger partial charge in [0.1, 0.15) is 0 Å². The van der Waals surface area contributed by atoms with Gasteiger partial charge in [-0.3, -0.25) is 0 Å². The van der Waals surface area contributed by atoms with Crippen LogP contribution in [0.2, 0.25) is 0 Å². The predicted molar refractivity (Wildman–Crippen MR) is 36.2 cm³/mol. The number of thiophene rings is 1. The first-order valence-electron chi connectivity index (χ1n) is 1.90. The second kappa shape index (κ2) is 3.67. The Balaban J connectivity index is 0.000000360. The summed E-state index contributed by atoms with van der Waals surface area (Å²) in [6, 6.07) is 4.16. The first kappa shape index (κ1) is 7.70. The fraction of sp³-hybridized carbons (Fsp3) is 0.200. The summed E-state index contributed by atoms with van der Waals surface area (Å²) in [5, 5.41) is 2.08. The predicted octanol–water partition coefficient (Wildman–Crippen LogP) is 1.41. The van der Waals surface area contributed by atoms with Crippen molar-refractivity contribution in [3.63, 3.8) is 0 Å². The van der Waals surface area contributed by atoms with E-state index in [0.717, 1.165) is 0 Å². The van der Waals surface area contributed by atoms with Crippen molar-refractivity contribution in [2.45, 2.75) is 6.92 Å². The summed E-state index contributed by atoms with van der Waals surface area (Å²) >= 11 is 1.78. The Kier molecular flexibility index (Phi) is 4.04. The van der Waals surface area contributed by atoms with E-state index in [-0.39, 0.29) is 29.6 Å². The first-order chi connectivity index (χ1) is 2.89. The van der Waals surface area contributed by atoms with Gasteiger partial charge in [-0.15, -0.1) is 11.3 Å². The van der Waals surface area contributed by atoms with Crippen LogP contribution < -0.4 is 0 Å². The van der Waals surface area contributed by atoms with Crippen molar-refractivity contribution in [3.05, 3.63) is 22.4 Å². The van der Waals surface area contributed by atoms with Crippen LogP contribution in [0.15, 0.2) is 17.5 Å². The molecule has 0 aromatic carbocycles. The average molecular weight is 122 g/mol. The molecule has 2 heteroatoms. The van der Waals surface area contributed by atoms with E-state index in [4.69, 9.17) is 0 Å². The third-order valence-electron chi connectivity index (χ3n) is 0.663. The molecule has 7 heavy (non-hydrogen) atoms. The van der Waals surface area contributed by atoms with Crippen LogP contribution in [0.4, 0.5) is 0 Å². The fourth-order valence-corrected chi connectivity index (χ4v) is 0.890. The molecule has 0 spiro atoms. The third-order valence-corrected chi connectivity index (χ3v) is 1.46. The zero-order valence-corrected chi connectivity index (χ0v) is 4.46. The number of hydrogen-bond donors (Lipinski definition) is 0. The second-order valence-electron chi connectivity index (χ2n) is 1.22. The molecule has 0 nitrogen and oxygen atoms in total. The number of hydrogen-bond acceptors (Lipinski definition) is 1. The normalized spacial score (nSPS) is 7.57. The van der Waals surface area contributed by atoms with Crippen LogP contribution in [0.5, 0.6) is 0 Å². The Labute approximate surface area is 69.9 Å². The van der Waals surface area contributed by atoms with E-state index in [0.29, 0.717) is 0 Å². The molecule has 1 heterocycles. The van der Waals surface area contributed by atoms with Gasteiger partial charge in [0.15, 0.2) is 0 Å². The van der Waals surface area contributed by atoms with Gasteiger partial charge in [0, 0.05) is 4.88 Å². The zero-order valence-electron chi connectivity index (χ0n) is 3.64. The van der Waals surface area contributed by atoms with E-state index in [1.54, 1.807) is 11.3 Å². The molecule has 0 aliphatic rings. The van der Waals surface area contributed by atoms with Gasteiger partial charge in [-0.05, 0) is 18.4 Å². The fourth-order valence-electron chi connectivity index (χ4n) is 0.361. The van der Waals surface area contributed by atoms with E-state index >= 15 is 0 Å². The molecule has 0 aliphatic carbocycles. The van der Waals surface area contributed by atoms with Crippen LogP contribution in [-0.2, 0) is 0 Å². The summed E-state index contributed by atoms with van der Waals surface area (Å²) in [6.45, 7) is 2.10. The van der Waals surface area contributed by atoms with Gasteiger partial charge < -0.3 is 0 Å². The number of aryl methyl sites for hydroxylation is 1. The Morgan fingerprint density at radius 3 is 2.43 bits per heavy atom. The molecule has 0 aliphatic heterocycles. The minimum atomic E-state index is 0. The standard InChI is InChI=1S/C5H6S.Na.H/c1-5-3-2-4-6-5;;/h2-4H,1H3;;. The van der Waals surface area contributed by atoms with Gasteiger partial charge in [0.05, 0.1) is 0 Å². The van der Waals surface area contributed by atoms with Gasteiger partial charge in [-0.2, -0.15) is 0 Å². The van der Waals surface area contributed by atoms with E-state index < -0.39 is 0 Å². The van der Waals surface area contributed by atoms with Crippen LogP contribution in [0.1, 0.15) is 4.88 Å². The van der Waals surface area contributed by atoms with Crippen LogP contribution >= 0.6 is 11.3 Å². The molecule has 1 aromatic rings. The summed E-state index contributed by atoms with van der Waals surface area (Å²) < 4.78 is 0. The van der Waals surface area contributed by atoms with Crippen molar-refractivity contribution in [2.24, 2.45) is 0 Å². The van der Waals surface area contributed by atoms with E-state index in [9.17, 15) is 0 Å². The van der Waals surface area contributed by atoms with Crippen LogP contribution in [-0.4, -0.2) is 29.6 Å². The molecule has 34 valence electrons. The first-order valence-corrected chi connectivity index (χ1v) is 2.77. The maximum absolute atomic E-state index is 2.10. The van der Waals surface area contributed by atoms with Crippen molar-refractivity contribution in [1.29, 1.82) is 0 Å². The summed E-state index contributed by atoms with van der Waals surface area (Å²) in [5.41, 5.74) is 0. The molecule has 0 bridgehead atoms. The maximum atomic E-state index is 2.10. The van der Waals surface area contributed by atoms with Crippen molar-refractivity contribution in [3.8, 4) is 0 Å². The molecule has 0 saturated heterocycles. The van der Waals surface area contributed by atoms with Crippen LogP contribution in [0.3, 0.4) is 0 Å². The molecule has 0 radical (unpaired) electrons. The van der Waals surface area contributed by atoms with Gasteiger partial charge >= 0.3 is 29.6 Å². The third kappa shape index (κ3) is 2.50. The molecular formula is C5H7NaS. The van der Waals surface area contributed by atoms with Crippen LogP contribution in [0, 0.1) is 6.92 Å². The van der Waals surface area contributed by atoms with E-state index in [2.05, 4.69) is 24.4 Å². The van der Waals surface area contributed by atoms with Crippen molar-refractivity contribution in [2.75, 3.05) is 0 Å². The summed E-state index contributed by atoms with van der Waals surface area (Å²) in [6.07, 6.45) is 0. The van der Waals surface area contributed by atoms with Gasteiger partial charge in [0.2, 0.25) is 0 Å². The van der Waals surface area contributed by atoms with Crippen molar-refractivity contribution >= 4 is 40.9 Å². The van der Waals surface area contributed by atoms with Crippen molar-refractivity contribution in [1.82, 2.24) is 0 Å². The Morgan fingerprint density at radius 2 is 2.29 bits per heavy atom. The molecule has 0 N–H and O–H groups in total. The number of rotatable bonds is 0. The molecule has 1 aromatic heterocycles. The molecule has 0 unspecified atom stereocenters. The average Bonchev–Trinajstić information content (AvgIpc) is 1.86. The van der Waals surface area contributed by atoms with Crippen molar-refractivity contribution < 1.29 is 0 Å². The summed E-state index contributed by atoms with van der Waals surface area (Å²) in [5.74, 6) is 0. The van der Waals surface area contributed by atoms with Gasteiger partial charge in [-0.25, -0.2) is 0 Å². The molecular weight excluding hydrogens is 115 g/mol. The minimum absolute atomic E-state index is 0. The quantitative estimate of drug-likeness (QED) is 0.456. The zero-order chi connectivity index (χ0) is 4.41. The topological polar surface area (TPSA) is 0 Å². The molecule has 1 rings (SSSR count). The Bertz CT molecular complexity index is 112. The summed E-state index contributed by atoms with van der Waals surface area (Å²) in [4.78, 5) is 1.38. The monoisotopic (exact) mass is 122 g/mol. The van der Waals surface area contributed by atoms with E-state index in [1.807, 2.05) is 0 Å². The second-order valence-corrected chi connectivity index (χ2v) is 2.38. The van der Waals surface area contributed by atoms with Gasteiger partial charge in [0.25, 0.3) is 0 Å². The van der Waals surface area contributed by atoms with Gasteiger partial charge in [-0.1, -0.05) is 6.07 Å². The SMILES string of the molecule is Cc1cccs1.[NaH]. The Hall–Kier alpha value is 0.700. The molecule has 0 saturated carbocycles. The molecule has 0 amide bonds. The summed E-state index contributed by atoms with van der Waals surface area (Å²) in [7, 11) is 0. The van der Waals surface area contributed by atoms with E-state index in [1.165, 1.54) is 4.88 Å². The molecule has 0 atom stereocenters.